The molecule has 2 rings (SSSR count). The summed E-state index contributed by atoms with van der Waals surface area (Å²) in [4.78, 5) is 2.21. The zero-order valence-corrected chi connectivity index (χ0v) is 11.0. The van der Waals surface area contributed by atoms with Crippen LogP contribution >= 0.6 is 0 Å². The van der Waals surface area contributed by atoms with Gasteiger partial charge in [0, 0.05) is 32.3 Å². The monoisotopic (exact) mass is 252 g/mol. The largest absolute Gasteiger partial charge is 0.380 e. The number of nitrogens with zero attached hydrogens (tertiary/aromatic N) is 1. The Bertz CT molecular complexity index is 411. The van der Waals surface area contributed by atoms with Gasteiger partial charge in [-0.1, -0.05) is 17.7 Å². The summed E-state index contributed by atoms with van der Waals surface area (Å²) in [7, 11) is 1.72. The van der Waals surface area contributed by atoms with Gasteiger partial charge < -0.3 is 10.5 Å². The Kier molecular flexibility index (Phi) is 4.32. The van der Waals surface area contributed by atoms with Crippen molar-refractivity contribution in [3.05, 3.63) is 35.1 Å². The lowest BCUT2D eigenvalue weighted by molar-refractivity contribution is 0.101. The number of rotatable bonds is 4. The SMILES string of the molecule is COC1CCN(C(CN)c2cc(C)ccc2F)C1. The molecule has 0 spiro atoms. The van der Waals surface area contributed by atoms with E-state index in [1.807, 2.05) is 13.0 Å². The van der Waals surface area contributed by atoms with Crippen LogP contribution in [0, 0.1) is 12.7 Å². The summed E-state index contributed by atoms with van der Waals surface area (Å²) < 4.78 is 19.3. The first-order chi connectivity index (χ1) is 8.65. The third kappa shape index (κ3) is 2.71. The summed E-state index contributed by atoms with van der Waals surface area (Å²) in [5, 5.41) is 0. The highest BCUT2D eigenvalue weighted by Gasteiger charge is 2.29. The summed E-state index contributed by atoms with van der Waals surface area (Å²) in [6.07, 6.45) is 1.23. The average molecular weight is 252 g/mol. The minimum Gasteiger partial charge on any atom is -0.380 e. The molecule has 0 aromatic heterocycles. The van der Waals surface area contributed by atoms with E-state index in [1.54, 1.807) is 13.2 Å². The highest BCUT2D eigenvalue weighted by atomic mass is 19.1. The zero-order valence-electron chi connectivity index (χ0n) is 11.0. The van der Waals surface area contributed by atoms with Gasteiger partial charge in [0.15, 0.2) is 0 Å². The zero-order chi connectivity index (χ0) is 13.1. The van der Waals surface area contributed by atoms with E-state index in [4.69, 9.17) is 10.5 Å². The molecule has 1 heterocycles. The molecule has 1 aromatic rings. The Hall–Kier alpha value is -0.970. The van der Waals surface area contributed by atoms with Gasteiger partial charge in [-0.15, -0.1) is 0 Å². The predicted molar refractivity (Wildman–Crippen MR) is 69.9 cm³/mol. The Balaban J connectivity index is 2.20. The predicted octanol–water partition coefficient (Wildman–Crippen LogP) is 1.85. The van der Waals surface area contributed by atoms with Gasteiger partial charge in [-0.3, -0.25) is 4.90 Å². The van der Waals surface area contributed by atoms with Crippen LogP contribution in [0.15, 0.2) is 18.2 Å². The van der Waals surface area contributed by atoms with Gasteiger partial charge in [-0.05, 0) is 19.4 Å². The molecule has 1 aromatic carbocycles. The van der Waals surface area contributed by atoms with Crippen LogP contribution in [0.1, 0.15) is 23.6 Å². The van der Waals surface area contributed by atoms with Crippen molar-refractivity contribution >= 4 is 0 Å². The smallest absolute Gasteiger partial charge is 0.128 e. The van der Waals surface area contributed by atoms with E-state index in [2.05, 4.69) is 4.90 Å². The normalized spacial score (nSPS) is 22.3. The topological polar surface area (TPSA) is 38.5 Å². The molecular formula is C14H21FN2O. The number of nitrogens with two attached hydrogens (primary N) is 1. The fraction of sp³-hybridized carbons (Fsp3) is 0.571. The van der Waals surface area contributed by atoms with Crippen molar-refractivity contribution in [2.24, 2.45) is 5.73 Å². The molecule has 0 aliphatic carbocycles. The molecular weight excluding hydrogens is 231 g/mol. The second-order valence-electron chi connectivity index (χ2n) is 4.92. The van der Waals surface area contributed by atoms with E-state index < -0.39 is 0 Å². The van der Waals surface area contributed by atoms with Crippen molar-refractivity contribution in [3.63, 3.8) is 0 Å². The molecule has 3 nitrogen and oxygen atoms in total. The van der Waals surface area contributed by atoms with Crippen molar-refractivity contribution in [1.29, 1.82) is 0 Å². The van der Waals surface area contributed by atoms with Crippen molar-refractivity contribution in [2.75, 3.05) is 26.7 Å². The molecule has 2 atom stereocenters. The van der Waals surface area contributed by atoms with Gasteiger partial charge in [0.05, 0.1) is 12.1 Å². The summed E-state index contributed by atoms with van der Waals surface area (Å²) in [5.41, 5.74) is 7.61. The molecule has 0 bridgehead atoms. The first-order valence-electron chi connectivity index (χ1n) is 6.38. The van der Waals surface area contributed by atoms with Gasteiger partial charge in [0.2, 0.25) is 0 Å². The Morgan fingerprint density at radius 1 is 1.56 bits per heavy atom. The molecule has 100 valence electrons. The van der Waals surface area contributed by atoms with Crippen molar-refractivity contribution in [1.82, 2.24) is 4.90 Å². The molecule has 2 unspecified atom stereocenters. The minimum atomic E-state index is -0.170. The lowest BCUT2D eigenvalue weighted by Gasteiger charge is -2.27. The molecule has 2 N–H and O–H groups in total. The van der Waals surface area contributed by atoms with Gasteiger partial charge in [-0.25, -0.2) is 4.39 Å². The molecule has 0 amide bonds. The number of hydrogen-bond acceptors (Lipinski definition) is 3. The van der Waals surface area contributed by atoms with Gasteiger partial charge >= 0.3 is 0 Å². The third-order valence-corrected chi connectivity index (χ3v) is 3.68. The molecule has 0 saturated carbocycles. The quantitative estimate of drug-likeness (QED) is 0.889. The van der Waals surface area contributed by atoms with E-state index in [0.29, 0.717) is 12.1 Å². The lowest BCUT2D eigenvalue weighted by atomic mass is 10.0. The first kappa shape index (κ1) is 13.5. The minimum absolute atomic E-state index is 0.0509. The maximum atomic E-state index is 13.9. The standard InChI is InChI=1S/C14H21FN2O/c1-10-3-4-13(15)12(7-10)14(8-16)17-6-5-11(9-17)18-2/h3-4,7,11,14H,5-6,8-9,16H2,1-2H3. The third-order valence-electron chi connectivity index (χ3n) is 3.68. The summed E-state index contributed by atoms with van der Waals surface area (Å²) in [6.45, 7) is 4.13. The molecule has 18 heavy (non-hydrogen) atoms. The van der Waals surface area contributed by atoms with E-state index in [-0.39, 0.29) is 18.0 Å². The molecule has 1 saturated heterocycles. The van der Waals surface area contributed by atoms with E-state index >= 15 is 0 Å². The number of ether oxygens (including phenoxy) is 1. The number of halogens is 1. The second kappa shape index (κ2) is 5.78. The van der Waals surface area contributed by atoms with E-state index in [9.17, 15) is 4.39 Å². The van der Waals surface area contributed by atoms with Crippen molar-refractivity contribution in [2.45, 2.75) is 25.5 Å². The Morgan fingerprint density at radius 2 is 2.33 bits per heavy atom. The van der Waals surface area contributed by atoms with Crippen LogP contribution < -0.4 is 5.73 Å². The molecule has 4 heteroatoms. The fourth-order valence-corrected chi connectivity index (χ4v) is 2.62. The van der Waals surface area contributed by atoms with Gasteiger partial charge in [0.25, 0.3) is 0 Å². The number of likely N-dealkylation sites (tertiary alicyclic amines) is 1. The number of methoxy groups -OCH3 is 1. The van der Waals surface area contributed by atoms with Crippen LogP contribution in [0.5, 0.6) is 0 Å². The van der Waals surface area contributed by atoms with Crippen LogP contribution in [0.25, 0.3) is 0 Å². The van der Waals surface area contributed by atoms with Crippen LogP contribution in [-0.4, -0.2) is 37.7 Å². The average Bonchev–Trinajstić information content (AvgIpc) is 2.83. The van der Waals surface area contributed by atoms with E-state index in [0.717, 1.165) is 25.1 Å². The van der Waals surface area contributed by atoms with Gasteiger partial charge in [0.1, 0.15) is 5.82 Å². The van der Waals surface area contributed by atoms with Crippen molar-refractivity contribution in [3.8, 4) is 0 Å². The maximum Gasteiger partial charge on any atom is 0.128 e. The van der Waals surface area contributed by atoms with E-state index in [1.165, 1.54) is 6.07 Å². The first-order valence-corrected chi connectivity index (χ1v) is 6.38. The van der Waals surface area contributed by atoms with Crippen LogP contribution in [0.4, 0.5) is 4.39 Å². The van der Waals surface area contributed by atoms with Crippen LogP contribution in [0.3, 0.4) is 0 Å². The highest BCUT2D eigenvalue weighted by molar-refractivity contribution is 5.27. The molecule has 1 aliphatic rings. The van der Waals surface area contributed by atoms with Crippen LogP contribution in [-0.2, 0) is 4.74 Å². The molecule has 0 radical (unpaired) electrons. The summed E-state index contributed by atoms with van der Waals surface area (Å²) in [5.74, 6) is -0.170. The van der Waals surface area contributed by atoms with Crippen LogP contribution in [0.2, 0.25) is 0 Å². The maximum absolute atomic E-state index is 13.9. The summed E-state index contributed by atoms with van der Waals surface area (Å²) in [6, 6.07) is 5.16. The second-order valence-corrected chi connectivity index (χ2v) is 4.92. The Morgan fingerprint density at radius 3 is 2.94 bits per heavy atom. The molecule has 1 fully saturated rings. The highest BCUT2D eigenvalue weighted by Crippen LogP contribution is 2.27. The lowest BCUT2D eigenvalue weighted by Crippen LogP contribution is -2.33. The number of aryl methyl sites for hydroxylation is 1. The fourth-order valence-electron chi connectivity index (χ4n) is 2.62. The number of benzene rings is 1. The summed E-state index contributed by atoms with van der Waals surface area (Å²) >= 11 is 0. The van der Waals surface area contributed by atoms with Crippen molar-refractivity contribution < 1.29 is 9.13 Å². The number of hydrogen-bond donors (Lipinski definition) is 1. The molecule has 1 aliphatic heterocycles. The van der Waals surface area contributed by atoms with Gasteiger partial charge in [-0.2, -0.15) is 0 Å². The Labute approximate surface area is 108 Å².